The lowest BCUT2D eigenvalue weighted by Gasteiger charge is -2.47. The number of halogens is 1. The normalized spacial score (nSPS) is 25.3. The largest absolute Gasteiger partial charge is 0.443 e. The van der Waals surface area contributed by atoms with Gasteiger partial charge in [0.2, 0.25) is 5.91 Å². The van der Waals surface area contributed by atoms with Gasteiger partial charge >= 0.3 is 6.09 Å². The molecular weight excluding hydrogens is 489 g/mol. The number of amides is 2. The van der Waals surface area contributed by atoms with E-state index in [9.17, 15) is 13.5 Å². The molecule has 0 radical (unpaired) electrons. The van der Waals surface area contributed by atoms with Crippen LogP contribution in [0.3, 0.4) is 0 Å². The van der Waals surface area contributed by atoms with E-state index < -0.39 is 11.7 Å². The van der Waals surface area contributed by atoms with Crippen molar-refractivity contribution in [2.45, 2.75) is 89.6 Å². The molecule has 3 N–H and O–H groups in total. The Morgan fingerprint density at radius 2 is 1.83 bits per heavy atom. The van der Waals surface area contributed by atoms with Crippen molar-refractivity contribution in [2.75, 3.05) is 40.0 Å². The number of epoxide rings is 1. The monoisotopic (exact) mass is 533 g/mol. The van der Waals surface area contributed by atoms with Crippen molar-refractivity contribution in [3.63, 3.8) is 0 Å². The SMILES string of the molecule is COC1C(OC(=O)NCCCCCCNC(=O)CNSF)CCC2(CO2)C1C(C)(C)OCC=C(C)C. The van der Waals surface area contributed by atoms with Gasteiger partial charge in [-0.25, -0.2) is 9.52 Å². The number of unbranched alkanes of at least 4 members (excludes halogenated alkanes) is 3. The number of carbonyl (C=O) groups excluding carboxylic acids is 2. The van der Waals surface area contributed by atoms with E-state index in [0.29, 0.717) is 32.7 Å². The molecule has 11 heteroatoms. The summed E-state index contributed by atoms with van der Waals surface area (Å²) in [6, 6.07) is 0. The number of allylic oxidation sites excluding steroid dienone is 1. The molecule has 2 amide bonds. The molecule has 1 aliphatic carbocycles. The van der Waals surface area contributed by atoms with Crippen LogP contribution >= 0.6 is 12.3 Å². The molecule has 0 aromatic carbocycles. The average Bonchev–Trinajstić information content (AvgIpc) is 3.59. The predicted molar refractivity (Wildman–Crippen MR) is 138 cm³/mol. The molecule has 0 aromatic rings. The highest BCUT2D eigenvalue weighted by Crippen LogP contribution is 2.52. The lowest BCUT2D eigenvalue weighted by molar-refractivity contribution is -0.172. The van der Waals surface area contributed by atoms with E-state index in [1.165, 1.54) is 5.57 Å². The first-order valence-electron chi connectivity index (χ1n) is 12.8. The van der Waals surface area contributed by atoms with E-state index in [0.717, 1.165) is 32.1 Å². The van der Waals surface area contributed by atoms with Crippen molar-refractivity contribution >= 4 is 24.3 Å². The van der Waals surface area contributed by atoms with Gasteiger partial charge in [-0.15, -0.1) is 3.89 Å². The molecule has 36 heavy (non-hydrogen) atoms. The Kier molecular flexibility index (Phi) is 12.9. The number of nitrogens with one attached hydrogen (secondary N) is 3. The molecule has 1 saturated heterocycles. The first-order chi connectivity index (χ1) is 17.1. The van der Waals surface area contributed by atoms with E-state index in [1.54, 1.807) is 7.11 Å². The molecular formula is C25H44FN3O6S. The summed E-state index contributed by atoms with van der Waals surface area (Å²) in [5.74, 6) is -0.301. The second-order valence-corrected chi connectivity index (χ2v) is 10.7. The number of alkyl carbamates (subject to hydrolysis) is 1. The molecule has 0 bridgehead atoms. The maximum Gasteiger partial charge on any atom is 0.407 e. The fourth-order valence-corrected chi connectivity index (χ4v) is 5.13. The van der Waals surface area contributed by atoms with Crippen LogP contribution in [-0.4, -0.2) is 75.4 Å². The lowest BCUT2D eigenvalue weighted by atomic mass is 9.68. The minimum Gasteiger partial charge on any atom is -0.443 e. The van der Waals surface area contributed by atoms with Gasteiger partial charge in [-0.3, -0.25) is 4.79 Å². The summed E-state index contributed by atoms with van der Waals surface area (Å²) < 4.78 is 38.0. The zero-order valence-electron chi connectivity index (χ0n) is 22.3. The number of carbonyl (C=O) groups is 2. The van der Waals surface area contributed by atoms with Gasteiger partial charge in [0, 0.05) is 26.1 Å². The molecule has 4 atom stereocenters. The van der Waals surface area contributed by atoms with Gasteiger partial charge < -0.3 is 29.6 Å². The third-order valence-corrected chi connectivity index (χ3v) is 7.09. The maximum absolute atomic E-state index is 12.5. The summed E-state index contributed by atoms with van der Waals surface area (Å²) in [4.78, 5) is 23.9. The number of ether oxygens (including phenoxy) is 4. The molecule has 2 fully saturated rings. The Labute approximate surface area is 219 Å². The summed E-state index contributed by atoms with van der Waals surface area (Å²) in [6.07, 6.45) is 5.84. The van der Waals surface area contributed by atoms with Crippen molar-refractivity contribution in [1.29, 1.82) is 0 Å². The van der Waals surface area contributed by atoms with E-state index in [-0.39, 0.29) is 48.5 Å². The van der Waals surface area contributed by atoms with Crippen molar-refractivity contribution in [2.24, 2.45) is 5.92 Å². The van der Waals surface area contributed by atoms with Crippen LogP contribution in [0.15, 0.2) is 11.6 Å². The second kappa shape index (κ2) is 15.1. The van der Waals surface area contributed by atoms with E-state index in [2.05, 4.69) is 35.3 Å². The van der Waals surface area contributed by atoms with Crippen LogP contribution < -0.4 is 15.4 Å². The van der Waals surface area contributed by atoms with E-state index in [1.807, 2.05) is 13.8 Å². The minimum absolute atomic E-state index is 0.0483. The van der Waals surface area contributed by atoms with Crippen LogP contribution in [0.1, 0.15) is 66.2 Å². The first kappa shape index (κ1) is 30.8. The van der Waals surface area contributed by atoms with Gasteiger partial charge in [-0.2, -0.15) is 0 Å². The van der Waals surface area contributed by atoms with Gasteiger partial charge in [-0.1, -0.05) is 24.5 Å². The third-order valence-electron chi connectivity index (χ3n) is 6.84. The lowest BCUT2D eigenvalue weighted by Crippen LogP contribution is -2.59. The molecule has 2 rings (SSSR count). The Bertz CT molecular complexity index is 731. The standard InChI is InChI=1S/C25H44FN3O6S/c1-18(2)11-15-33-24(3,4)22-21(32-5)19(10-12-25(22)17-34-25)35-23(31)28-14-9-7-6-8-13-27-20(30)16-29-36-26/h11,19,21-22,29H,6-10,12-17H2,1-5H3,(H,27,30)(H,28,31). The Morgan fingerprint density at radius 1 is 1.17 bits per heavy atom. The Balaban J connectivity index is 1.73. The van der Waals surface area contributed by atoms with E-state index in [4.69, 9.17) is 18.9 Å². The molecule has 2 aliphatic rings. The topological polar surface area (TPSA) is 110 Å². The summed E-state index contributed by atoms with van der Waals surface area (Å²) >= 11 is -0.0713. The van der Waals surface area contributed by atoms with Gasteiger partial charge in [0.05, 0.1) is 31.0 Å². The maximum atomic E-state index is 12.5. The van der Waals surface area contributed by atoms with Crippen LogP contribution in [0.4, 0.5) is 8.68 Å². The van der Waals surface area contributed by atoms with Crippen molar-refractivity contribution in [1.82, 2.24) is 15.4 Å². The fraction of sp³-hybridized carbons (Fsp3) is 0.840. The Hall–Kier alpha value is -1.40. The van der Waals surface area contributed by atoms with Gasteiger partial charge in [-0.05, 0) is 53.4 Å². The average molecular weight is 534 g/mol. The van der Waals surface area contributed by atoms with Gasteiger partial charge in [0.15, 0.2) is 0 Å². The molecule has 4 unspecified atom stereocenters. The molecule has 1 spiro atoms. The zero-order valence-corrected chi connectivity index (χ0v) is 23.1. The van der Waals surface area contributed by atoms with E-state index >= 15 is 0 Å². The number of hydrogen-bond acceptors (Lipinski definition) is 8. The molecule has 9 nitrogen and oxygen atoms in total. The number of hydrogen-bond donors (Lipinski definition) is 3. The summed E-state index contributed by atoms with van der Waals surface area (Å²) in [5.41, 5.74) is 0.388. The number of rotatable bonds is 16. The second-order valence-electron chi connectivity index (χ2n) is 10.3. The first-order valence-corrected chi connectivity index (χ1v) is 13.5. The molecule has 0 aromatic heterocycles. The molecule has 208 valence electrons. The summed E-state index contributed by atoms with van der Waals surface area (Å²) in [6.45, 7) is 10.4. The molecule has 1 saturated carbocycles. The zero-order chi connectivity index (χ0) is 26.6. The fourth-order valence-electron chi connectivity index (χ4n) is 4.95. The van der Waals surface area contributed by atoms with Crippen LogP contribution in [0.5, 0.6) is 0 Å². The van der Waals surface area contributed by atoms with Crippen LogP contribution in [0.25, 0.3) is 0 Å². The van der Waals surface area contributed by atoms with Crippen molar-refractivity contribution < 1.29 is 32.4 Å². The van der Waals surface area contributed by atoms with Crippen LogP contribution in [0, 0.1) is 5.92 Å². The quantitative estimate of drug-likeness (QED) is 0.119. The third kappa shape index (κ3) is 9.81. The van der Waals surface area contributed by atoms with Gasteiger partial charge in [0.1, 0.15) is 24.5 Å². The van der Waals surface area contributed by atoms with Crippen molar-refractivity contribution in [3.05, 3.63) is 11.6 Å². The highest BCUT2D eigenvalue weighted by molar-refractivity contribution is 7.92. The Morgan fingerprint density at radius 3 is 2.42 bits per heavy atom. The highest BCUT2D eigenvalue weighted by atomic mass is 32.2. The number of methoxy groups -OCH3 is 1. The summed E-state index contributed by atoms with van der Waals surface area (Å²) in [7, 11) is 1.65. The van der Waals surface area contributed by atoms with Crippen LogP contribution in [-0.2, 0) is 23.7 Å². The smallest absolute Gasteiger partial charge is 0.407 e. The van der Waals surface area contributed by atoms with Gasteiger partial charge in [0.25, 0.3) is 0 Å². The predicted octanol–water partition coefficient (Wildman–Crippen LogP) is 3.84. The highest BCUT2D eigenvalue weighted by Gasteiger charge is 2.64. The molecule has 1 aliphatic heterocycles. The van der Waals surface area contributed by atoms with Crippen LogP contribution in [0.2, 0.25) is 0 Å². The van der Waals surface area contributed by atoms with Crippen molar-refractivity contribution in [3.8, 4) is 0 Å². The molecule has 1 heterocycles. The minimum atomic E-state index is -0.524. The summed E-state index contributed by atoms with van der Waals surface area (Å²) in [5, 5.41) is 5.56.